The molecule has 0 spiro atoms. The first-order valence-corrected chi connectivity index (χ1v) is 8.21. The highest BCUT2D eigenvalue weighted by Gasteiger charge is 2.36. The summed E-state index contributed by atoms with van der Waals surface area (Å²) in [4.78, 5) is 4.77. The molecule has 3 nitrogen and oxygen atoms in total. The Balaban J connectivity index is 2.12. The quantitative estimate of drug-likeness (QED) is 0.733. The van der Waals surface area contributed by atoms with E-state index in [0.29, 0.717) is 5.41 Å². The molecule has 3 rings (SSSR count). The van der Waals surface area contributed by atoms with Crippen LogP contribution in [0.2, 0.25) is 0 Å². The zero-order valence-corrected chi connectivity index (χ0v) is 13.8. The van der Waals surface area contributed by atoms with Crippen LogP contribution in [-0.4, -0.2) is 16.7 Å². The number of rotatable bonds is 5. The van der Waals surface area contributed by atoms with Gasteiger partial charge in [-0.05, 0) is 43.7 Å². The Kier molecular flexibility index (Phi) is 3.87. The lowest BCUT2D eigenvalue weighted by atomic mass is 9.67. The lowest BCUT2D eigenvalue weighted by Crippen LogP contribution is -2.34. The number of fused-ring (bicyclic) bond motifs is 1. The highest BCUT2D eigenvalue weighted by atomic mass is 35.5. The average Bonchev–Trinajstić information content (AvgIpc) is 2.81. The number of para-hydroxylation sites is 1. The molecule has 1 fully saturated rings. The van der Waals surface area contributed by atoms with E-state index in [9.17, 15) is 0 Å². The molecule has 21 heavy (non-hydrogen) atoms. The third-order valence-electron chi connectivity index (χ3n) is 5.00. The van der Waals surface area contributed by atoms with E-state index in [2.05, 4.69) is 17.6 Å². The number of methoxy groups -OCH3 is 1. The molecule has 4 heteroatoms. The van der Waals surface area contributed by atoms with Crippen molar-refractivity contribution in [3.8, 4) is 5.75 Å². The molecule has 0 N–H and O–H groups in total. The van der Waals surface area contributed by atoms with Crippen molar-refractivity contribution in [3.05, 3.63) is 24.0 Å². The molecule has 0 aliphatic heterocycles. The van der Waals surface area contributed by atoms with Gasteiger partial charge in [0.2, 0.25) is 0 Å². The molecule has 1 heterocycles. The minimum Gasteiger partial charge on any atom is -0.494 e. The summed E-state index contributed by atoms with van der Waals surface area (Å²) in [7, 11) is 1.69. The van der Waals surface area contributed by atoms with E-state index in [-0.39, 0.29) is 5.38 Å². The SMILES string of the molecule is CCC1(Cn2c(C(C)Cl)nc3c(OC)cccc32)CCC1. The number of hydrogen-bond acceptors (Lipinski definition) is 2. The van der Waals surface area contributed by atoms with Crippen molar-refractivity contribution >= 4 is 22.6 Å². The smallest absolute Gasteiger partial charge is 0.146 e. The predicted molar refractivity (Wildman–Crippen MR) is 87.1 cm³/mol. The van der Waals surface area contributed by atoms with E-state index in [4.69, 9.17) is 21.3 Å². The van der Waals surface area contributed by atoms with Crippen molar-refractivity contribution in [3.63, 3.8) is 0 Å². The van der Waals surface area contributed by atoms with Crippen LogP contribution in [0.5, 0.6) is 5.75 Å². The third kappa shape index (κ3) is 2.42. The zero-order valence-electron chi connectivity index (χ0n) is 13.0. The van der Waals surface area contributed by atoms with Crippen LogP contribution < -0.4 is 4.74 Å². The number of nitrogens with zero attached hydrogens (tertiary/aromatic N) is 2. The van der Waals surface area contributed by atoms with Crippen LogP contribution in [0.15, 0.2) is 18.2 Å². The molecule has 1 aliphatic rings. The number of ether oxygens (including phenoxy) is 1. The van der Waals surface area contributed by atoms with Gasteiger partial charge in [0.15, 0.2) is 0 Å². The van der Waals surface area contributed by atoms with Gasteiger partial charge in [-0.25, -0.2) is 4.98 Å². The maximum absolute atomic E-state index is 6.38. The monoisotopic (exact) mass is 306 g/mol. The first-order valence-electron chi connectivity index (χ1n) is 7.77. The fourth-order valence-corrected chi connectivity index (χ4v) is 3.58. The van der Waals surface area contributed by atoms with Gasteiger partial charge < -0.3 is 9.30 Å². The molecule has 1 aliphatic carbocycles. The Morgan fingerprint density at radius 1 is 1.43 bits per heavy atom. The summed E-state index contributed by atoms with van der Waals surface area (Å²) in [6.45, 7) is 5.30. The summed E-state index contributed by atoms with van der Waals surface area (Å²) >= 11 is 6.38. The van der Waals surface area contributed by atoms with Gasteiger partial charge in [0.25, 0.3) is 0 Å². The molecule has 0 amide bonds. The molecule has 1 atom stereocenters. The van der Waals surface area contributed by atoms with E-state index >= 15 is 0 Å². The fraction of sp³-hybridized carbons (Fsp3) is 0.588. The molecule has 1 aromatic carbocycles. The maximum atomic E-state index is 6.38. The molecule has 0 bridgehead atoms. The number of hydrogen-bond donors (Lipinski definition) is 0. The number of halogens is 1. The summed E-state index contributed by atoms with van der Waals surface area (Å²) < 4.78 is 7.77. The highest BCUT2D eigenvalue weighted by molar-refractivity contribution is 6.20. The van der Waals surface area contributed by atoms with Crippen LogP contribution in [-0.2, 0) is 6.54 Å². The molecule has 0 saturated heterocycles. The summed E-state index contributed by atoms with van der Waals surface area (Å²) in [6, 6.07) is 6.11. The Bertz CT molecular complexity index is 638. The lowest BCUT2D eigenvalue weighted by Gasteiger charge is -2.42. The summed E-state index contributed by atoms with van der Waals surface area (Å²) in [5.41, 5.74) is 2.49. The molecule has 1 aromatic heterocycles. The maximum Gasteiger partial charge on any atom is 0.146 e. The summed E-state index contributed by atoms with van der Waals surface area (Å²) in [5.74, 6) is 1.78. The van der Waals surface area contributed by atoms with E-state index in [1.54, 1.807) is 7.11 Å². The molecule has 0 radical (unpaired) electrons. The van der Waals surface area contributed by atoms with Crippen LogP contribution in [0.25, 0.3) is 11.0 Å². The van der Waals surface area contributed by atoms with Crippen molar-refractivity contribution in [2.45, 2.75) is 51.5 Å². The highest BCUT2D eigenvalue weighted by Crippen LogP contribution is 2.46. The van der Waals surface area contributed by atoms with Crippen molar-refractivity contribution in [1.29, 1.82) is 0 Å². The van der Waals surface area contributed by atoms with Gasteiger partial charge in [0, 0.05) is 6.54 Å². The Morgan fingerprint density at radius 3 is 2.71 bits per heavy atom. The first-order chi connectivity index (χ1) is 10.1. The van der Waals surface area contributed by atoms with E-state index in [0.717, 1.165) is 29.2 Å². The van der Waals surface area contributed by atoms with Gasteiger partial charge in [-0.15, -0.1) is 11.6 Å². The van der Waals surface area contributed by atoms with Crippen LogP contribution >= 0.6 is 11.6 Å². The van der Waals surface area contributed by atoms with Crippen molar-refractivity contribution < 1.29 is 4.74 Å². The molecule has 1 saturated carbocycles. The Hall–Kier alpha value is -1.22. The molecular formula is C17H23ClN2O. The average molecular weight is 307 g/mol. The van der Waals surface area contributed by atoms with E-state index < -0.39 is 0 Å². The van der Waals surface area contributed by atoms with Gasteiger partial charge in [0.1, 0.15) is 17.1 Å². The predicted octanol–water partition coefficient (Wildman–Crippen LogP) is 4.93. The molecule has 1 unspecified atom stereocenters. The number of benzene rings is 1. The van der Waals surface area contributed by atoms with Gasteiger partial charge in [0.05, 0.1) is 18.0 Å². The number of imidazole rings is 1. The summed E-state index contributed by atoms with van der Waals surface area (Å²) in [6.07, 6.45) is 5.18. The third-order valence-corrected chi connectivity index (χ3v) is 5.20. The summed E-state index contributed by atoms with van der Waals surface area (Å²) in [5, 5.41) is -0.101. The number of aromatic nitrogens is 2. The second-order valence-electron chi connectivity index (χ2n) is 6.21. The minimum absolute atomic E-state index is 0.101. The number of alkyl halides is 1. The molecule has 2 aromatic rings. The lowest BCUT2D eigenvalue weighted by molar-refractivity contribution is 0.101. The standard InChI is InChI=1S/C17H23ClN2O/c1-4-17(9-6-10-17)11-20-13-7-5-8-14(21-3)15(13)19-16(20)12(2)18/h5,7-8,12H,4,6,9-11H2,1-3H3. The minimum atomic E-state index is -0.101. The fourth-order valence-electron chi connectivity index (χ4n) is 3.41. The van der Waals surface area contributed by atoms with Crippen molar-refractivity contribution in [2.24, 2.45) is 5.41 Å². The van der Waals surface area contributed by atoms with Crippen LogP contribution in [0.1, 0.15) is 50.7 Å². The van der Waals surface area contributed by atoms with Gasteiger partial charge >= 0.3 is 0 Å². The second-order valence-corrected chi connectivity index (χ2v) is 6.86. The van der Waals surface area contributed by atoms with Gasteiger partial charge in [-0.1, -0.05) is 19.4 Å². The largest absolute Gasteiger partial charge is 0.494 e. The second kappa shape index (κ2) is 5.53. The van der Waals surface area contributed by atoms with Crippen LogP contribution in [0.4, 0.5) is 0 Å². The van der Waals surface area contributed by atoms with E-state index in [1.807, 2.05) is 19.1 Å². The van der Waals surface area contributed by atoms with Gasteiger partial charge in [-0.2, -0.15) is 0 Å². The topological polar surface area (TPSA) is 27.1 Å². The van der Waals surface area contributed by atoms with Crippen LogP contribution in [0.3, 0.4) is 0 Å². The zero-order chi connectivity index (χ0) is 15.0. The van der Waals surface area contributed by atoms with Crippen LogP contribution in [0, 0.1) is 5.41 Å². The van der Waals surface area contributed by atoms with E-state index in [1.165, 1.54) is 25.7 Å². The van der Waals surface area contributed by atoms with Crippen molar-refractivity contribution in [1.82, 2.24) is 9.55 Å². The van der Waals surface area contributed by atoms with Crippen molar-refractivity contribution in [2.75, 3.05) is 7.11 Å². The normalized spacial score (nSPS) is 18.5. The molecular weight excluding hydrogens is 284 g/mol. The Morgan fingerprint density at radius 2 is 2.19 bits per heavy atom. The van der Waals surface area contributed by atoms with Gasteiger partial charge in [-0.3, -0.25) is 0 Å². The Labute approximate surface area is 131 Å². The molecule has 114 valence electrons. The first kappa shape index (κ1) is 14.7.